The first-order valence-corrected chi connectivity index (χ1v) is 5.87. The predicted molar refractivity (Wildman–Crippen MR) is 74.0 cm³/mol. The molecular weight excluding hydrogens is 284 g/mol. The summed E-state index contributed by atoms with van der Waals surface area (Å²) in [5.74, 6) is 0.246. The highest BCUT2D eigenvalue weighted by atomic mass is 35.5. The van der Waals surface area contributed by atoms with Crippen LogP contribution in [0.2, 0.25) is 5.02 Å². The summed E-state index contributed by atoms with van der Waals surface area (Å²) in [6.45, 7) is 0. The summed E-state index contributed by atoms with van der Waals surface area (Å²) in [6.07, 6.45) is 2.57. The van der Waals surface area contributed by atoms with Crippen LogP contribution in [-0.4, -0.2) is 10.8 Å². The Kier molecular flexibility index (Phi) is 3.86. The van der Waals surface area contributed by atoms with Crippen LogP contribution in [0.5, 0.6) is 0 Å². The van der Waals surface area contributed by atoms with Gasteiger partial charge in [0.25, 0.3) is 5.69 Å². The monoisotopic (exact) mass is 292 g/mol. The fourth-order valence-electron chi connectivity index (χ4n) is 1.57. The third-order valence-corrected chi connectivity index (χ3v) is 2.79. The van der Waals surface area contributed by atoms with Crippen molar-refractivity contribution in [1.82, 2.24) is 0 Å². The van der Waals surface area contributed by atoms with Gasteiger partial charge < -0.3 is 10.2 Å². The van der Waals surface area contributed by atoms with Crippen LogP contribution in [0.3, 0.4) is 0 Å². The summed E-state index contributed by atoms with van der Waals surface area (Å²) in [5.41, 5.74) is 5.29. The molecule has 0 atom stereocenters. The number of nitrogens with two attached hydrogens (primary N) is 1. The summed E-state index contributed by atoms with van der Waals surface area (Å²) in [7, 11) is 0. The number of hydrogen-bond donors (Lipinski definition) is 1. The predicted octanol–water partition coefficient (Wildman–Crippen LogP) is 3.01. The molecule has 0 fully saturated rings. The minimum absolute atomic E-state index is 0.0548. The molecular formula is C13H9ClN2O4. The zero-order chi connectivity index (χ0) is 14.7. The van der Waals surface area contributed by atoms with Crippen molar-refractivity contribution in [1.29, 1.82) is 0 Å². The molecule has 2 N–H and O–H groups in total. The Balaban J connectivity index is 2.35. The zero-order valence-electron chi connectivity index (χ0n) is 10.1. The van der Waals surface area contributed by atoms with Crippen molar-refractivity contribution in [3.63, 3.8) is 0 Å². The zero-order valence-corrected chi connectivity index (χ0v) is 10.8. The van der Waals surface area contributed by atoms with Crippen LogP contribution < -0.4 is 5.73 Å². The Morgan fingerprint density at radius 2 is 2.10 bits per heavy atom. The Labute approximate surface area is 118 Å². The maximum absolute atomic E-state index is 10.8. The number of nitro groups is 1. The van der Waals surface area contributed by atoms with Crippen molar-refractivity contribution in [2.24, 2.45) is 5.73 Å². The largest absolute Gasteiger partial charge is 0.457 e. The number of furan rings is 1. The molecule has 0 radical (unpaired) electrons. The number of carbonyl (C=O) groups excluding carboxylic acids is 1. The molecule has 7 heteroatoms. The molecule has 0 unspecified atom stereocenters. The van der Waals surface area contributed by atoms with Crippen LogP contribution in [0.25, 0.3) is 17.4 Å². The number of hydrogen-bond acceptors (Lipinski definition) is 4. The van der Waals surface area contributed by atoms with Gasteiger partial charge in [-0.3, -0.25) is 14.9 Å². The number of rotatable bonds is 4. The van der Waals surface area contributed by atoms with E-state index in [1.165, 1.54) is 18.2 Å². The SMILES string of the molecule is NC(=O)/C=C/c1ccc(-c2ccc(Cl)c([N+](=O)[O-])c2)o1. The molecule has 1 amide bonds. The van der Waals surface area contributed by atoms with E-state index in [0.29, 0.717) is 17.1 Å². The van der Waals surface area contributed by atoms with Crippen LogP contribution in [0.4, 0.5) is 5.69 Å². The van der Waals surface area contributed by atoms with E-state index in [0.717, 1.165) is 6.08 Å². The number of halogens is 1. The van der Waals surface area contributed by atoms with Crippen molar-refractivity contribution in [3.05, 3.63) is 57.3 Å². The van der Waals surface area contributed by atoms with E-state index in [4.69, 9.17) is 21.8 Å². The Morgan fingerprint density at radius 3 is 2.75 bits per heavy atom. The molecule has 2 rings (SSSR count). The average molecular weight is 293 g/mol. The number of carbonyl (C=O) groups is 1. The molecule has 0 saturated carbocycles. The molecule has 102 valence electrons. The second kappa shape index (κ2) is 5.58. The molecule has 0 aliphatic heterocycles. The lowest BCUT2D eigenvalue weighted by atomic mass is 10.1. The van der Waals surface area contributed by atoms with Gasteiger partial charge in [0.05, 0.1) is 4.92 Å². The summed E-state index contributed by atoms with van der Waals surface area (Å²) in [4.78, 5) is 20.9. The molecule has 1 heterocycles. The lowest BCUT2D eigenvalue weighted by molar-refractivity contribution is -0.384. The highest BCUT2D eigenvalue weighted by molar-refractivity contribution is 6.32. The summed E-state index contributed by atoms with van der Waals surface area (Å²) < 4.78 is 5.43. The highest BCUT2D eigenvalue weighted by Crippen LogP contribution is 2.31. The number of nitro benzene ring substituents is 1. The van der Waals surface area contributed by atoms with E-state index in [1.807, 2.05) is 0 Å². The summed E-state index contributed by atoms with van der Waals surface area (Å²) in [6, 6.07) is 7.61. The van der Waals surface area contributed by atoms with Gasteiger partial charge in [-0.15, -0.1) is 0 Å². The second-order valence-corrected chi connectivity index (χ2v) is 4.27. The highest BCUT2D eigenvalue weighted by Gasteiger charge is 2.14. The smallest absolute Gasteiger partial charge is 0.288 e. The lowest BCUT2D eigenvalue weighted by Crippen LogP contribution is -2.04. The van der Waals surface area contributed by atoms with Crippen LogP contribution in [0, 0.1) is 10.1 Å². The van der Waals surface area contributed by atoms with Gasteiger partial charge in [-0.05, 0) is 30.3 Å². The van der Waals surface area contributed by atoms with Crippen LogP contribution in [-0.2, 0) is 4.79 Å². The van der Waals surface area contributed by atoms with E-state index >= 15 is 0 Å². The number of nitrogens with zero attached hydrogens (tertiary/aromatic N) is 1. The molecule has 6 nitrogen and oxygen atoms in total. The van der Waals surface area contributed by atoms with E-state index in [1.54, 1.807) is 18.2 Å². The average Bonchev–Trinajstić information content (AvgIpc) is 2.85. The van der Waals surface area contributed by atoms with Gasteiger partial charge in [0.1, 0.15) is 16.5 Å². The third kappa shape index (κ3) is 3.04. The maximum Gasteiger partial charge on any atom is 0.288 e. The Bertz CT molecular complexity index is 706. The van der Waals surface area contributed by atoms with Crippen LogP contribution >= 0.6 is 11.6 Å². The third-order valence-electron chi connectivity index (χ3n) is 2.47. The first-order chi connectivity index (χ1) is 9.47. The lowest BCUT2D eigenvalue weighted by Gasteiger charge is -1.99. The van der Waals surface area contributed by atoms with Crippen molar-refractivity contribution >= 4 is 29.3 Å². The first-order valence-electron chi connectivity index (χ1n) is 5.49. The van der Waals surface area contributed by atoms with Gasteiger partial charge in [0.15, 0.2) is 0 Å². The maximum atomic E-state index is 10.8. The minimum Gasteiger partial charge on any atom is -0.457 e. The quantitative estimate of drug-likeness (QED) is 0.532. The molecule has 1 aromatic carbocycles. The van der Waals surface area contributed by atoms with E-state index < -0.39 is 10.8 Å². The van der Waals surface area contributed by atoms with Crippen molar-refractivity contribution in [2.75, 3.05) is 0 Å². The fraction of sp³-hybridized carbons (Fsp3) is 0. The fourth-order valence-corrected chi connectivity index (χ4v) is 1.75. The summed E-state index contributed by atoms with van der Waals surface area (Å²) in [5, 5.41) is 10.9. The molecule has 20 heavy (non-hydrogen) atoms. The normalized spacial score (nSPS) is 10.8. The molecule has 0 spiro atoms. The van der Waals surface area contributed by atoms with Crippen molar-refractivity contribution in [2.45, 2.75) is 0 Å². The molecule has 0 aliphatic rings. The van der Waals surface area contributed by atoms with Gasteiger partial charge >= 0.3 is 0 Å². The van der Waals surface area contributed by atoms with Gasteiger partial charge in [0.2, 0.25) is 5.91 Å². The van der Waals surface area contributed by atoms with Gasteiger partial charge in [-0.2, -0.15) is 0 Å². The summed E-state index contributed by atoms with van der Waals surface area (Å²) >= 11 is 5.73. The number of amides is 1. The van der Waals surface area contributed by atoms with Gasteiger partial charge in [-0.1, -0.05) is 11.6 Å². The van der Waals surface area contributed by atoms with Crippen molar-refractivity contribution in [3.8, 4) is 11.3 Å². The Morgan fingerprint density at radius 1 is 1.35 bits per heavy atom. The van der Waals surface area contributed by atoms with E-state index in [-0.39, 0.29) is 10.7 Å². The molecule has 1 aromatic heterocycles. The van der Waals surface area contributed by atoms with Crippen LogP contribution in [0.15, 0.2) is 40.8 Å². The van der Waals surface area contributed by atoms with Gasteiger partial charge in [0, 0.05) is 17.7 Å². The second-order valence-electron chi connectivity index (χ2n) is 3.86. The standard InChI is InChI=1S/C13H9ClN2O4/c14-10-4-1-8(7-11(10)16(18)19)12-5-2-9(20-12)3-6-13(15)17/h1-7H,(H2,15,17)/b6-3+. The molecule has 2 aromatic rings. The Hall–Kier alpha value is -2.60. The number of primary amides is 1. The minimum atomic E-state index is -0.593. The van der Waals surface area contributed by atoms with Crippen molar-refractivity contribution < 1.29 is 14.1 Å². The van der Waals surface area contributed by atoms with Gasteiger partial charge in [-0.25, -0.2) is 0 Å². The first kappa shape index (κ1) is 13.8. The number of benzene rings is 1. The molecule has 0 saturated heterocycles. The topological polar surface area (TPSA) is 99.4 Å². The molecule has 0 bridgehead atoms. The van der Waals surface area contributed by atoms with Crippen LogP contribution in [0.1, 0.15) is 5.76 Å². The molecule has 0 aliphatic carbocycles. The van der Waals surface area contributed by atoms with E-state index in [2.05, 4.69) is 0 Å². The van der Waals surface area contributed by atoms with E-state index in [9.17, 15) is 14.9 Å².